The maximum Gasteiger partial charge on any atom is 0.262 e. The summed E-state index contributed by atoms with van der Waals surface area (Å²) in [5.41, 5.74) is 1.68. The second-order valence-corrected chi connectivity index (χ2v) is 5.79. The standard InChI is InChI=1S/C18H20ClNO3/c1-12(2)14-6-4-5-7-16(14)23-11-18(21)20-13-8-9-17(22-3)15(19)10-13/h4-10,12H,11H2,1-3H3,(H,20,21). The number of halogens is 1. The van der Waals surface area contributed by atoms with Crippen molar-refractivity contribution in [1.29, 1.82) is 0 Å². The SMILES string of the molecule is COc1ccc(NC(=O)COc2ccccc2C(C)C)cc1Cl. The van der Waals surface area contributed by atoms with Gasteiger partial charge in [0.25, 0.3) is 5.91 Å². The lowest BCUT2D eigenvalue weighted by Crippen LogP contribution is -2.20. The van der Waals surface area contributed by atoms with E-state index in [0.717, 1.165) is 11.3 Å². The predicted molar refractivity (Wildman–Crippen MR) is 92.7 cm³/mol. The average Bonchev–Trinajstić information content (AvgIpc) is 2.53. The van der Waals surface area contributed by atoms with E-state index in [9.17, 15) is 4.79 Å². The van der Waals surface area contributed by atoms with Crippen molar-refractivity contribution in [3.05, 3.63) is 53.1 Å². The molecule has 0 unspecified atom stereocenters. The molecule has 0 radical (unpaired) electrons. The minimum absolute atomic E-state index is 0.0621. The van der Waals surface area contributed by atoms with Crippen molar-refractivity contribution in [2.24, 2.45) is 0 Å². The van der Waals surface area contributed by atoms with Crippen molar-refractivity contribution >= 4 is 23.2 Å². The largest absolute Gasteiger partial charge is 0.495 e. The zero-order valence-corrected chi connectivity index (χ0v) is 14.2. The van der Waals surface area contributed by atoms with Crippen LogP contribution in [0, 0.1) is 0 Å². The van der Waals surface area contributed by atoms with Crippen LogP contribution in [0.3, 0.4) is 0 Å². The second-order valence-electron chi connectivity index (χ2n) is 5.38. The third-order valence-corrected chi connectivity index (χ3v) is 3.63. The van der Waals surface area contributed by atoms with E-state index in [1.54, 1.807) is 25.3 Å². The molecule has 0 spiro atoms. The molecular weight excluding hydrogens is 314 g/mol. The highest BCUT2D eigenvalue weighted by Crippen LogP contribution is 2.28. The van der Waals surface area contributed by atoms with E-state index in [1.165, 1.54) is 0 Å². The van der Waals surface area contributed by atoms with Crippen LogP contribution in [0.1, 0.15) is 25.3 Å². The average molecular weight is 334 g/mol. The van der Waals surface area contributed by atoms with Gasteiger partial charge in [0.1, 0.15) is 11.5 Å². The van der Waals surface area contributed by atoms with Gasteiger partial charge in [0.05, 0.1) is 12.1 Å². The van der Waals surface area contributed by atoms with Crippen LogP contribution in [-0.4, -0.2) is 19.6 Å². The Morgan fingerprint density at radius 2 is 1.91 bits per heavy atom. The summed E-state index contributed by atoms with van der Waals surface area (Å²) >= 11 is 6.03. The zero-order valence-electron chi connectivity index (χ0n) is 13.4. The van der Waals surface area contributed by atoms with Crippen LogP contribution in [0.5, 0.6) is 11.5 Å². The van der Waals surface area contributed by atoms with Crippen LogP contribution < -0.4 is 14.8 Å². The summed E-state index contributed by atoms with van der Waals surface area (Å²) in [4.78, 5) is 12.0. The Hall–Kier alpha value is -2.20. The molecular formula is C18H20ClNO3. The van der Waals surface area contributed by atoms with Gasteiger partial charge in [-0.05, 0) is 35.7 Å². The topological polar surface area (TPSA) is 47.6 Å². The van der Waals surface area contributed by atoms with Gasteiger partial charge in [-0.25, -0.2) is 0 Å². The van der Waals surface area contributed by atoms with Gasteiger partial charge in [-0.2, -0.15) is 0 Å². The first-order valence-electron chi connectivity index (χ1n) is 7.36. The van der Waals surface area contributed by atoms with Crippen LogP contribution in [0.2, 0.25) is 5.02 Å². The fourth-order valence-corrected chi connectivity index (χ4v) is 2.43. The van der Waals surface area contributed by atoms with Gasteiger partial charge in [0.15, 0.2) is 6.61 Å². The molecule has 0 atom stereocenters. The summed E-state index contributed by atoms with van der Waals surface area (Å²) in [7, 11) is 1.54. The van der Waals surface area contributed by atoms with E-state index >= 15 is 0 Å². The van der Waals surface area contributed by atoms with E-state index in [-0.39, 0.29) is 12.5 Å². The molecule has 0 saturated carbocycles. The van der Waals surface area contributed by atoms with Crippen LogP contribution in [0.4, 0.5) is 5.69 Å². The Morgan fingerprint density at radius 1 is 1.17 bits per heavy atom. The maximum atomic E-state index is 12.0. The minimum atomic E-state index is -0.246. The van der Waals surface area contributed by atoms with Crippen LogP contribution >= 0.6 is 11.6 Å². The number of benzene rings is 2. The number of para-hydroxylation sites is 1. The molecule has 1 N–H and O–H groups in total. The summed E-state index contributed by atoms with van der Waals surface area (Å²) in [6.07, 6.45) is 0. The summed E-state index contributed by atoms with van der Waals surface area (Å²) in [5, 5.41) is 3.19. The van der Waals surface area contributed by atoms with Gasteiger partial charge < -0.3 is 14.8 Å². The molecule has 0 heterocycles. The molecule has 5 heteroatoms. The number of anilines is 1. The summed E-state index contributed by atoms with van der Waals surface area (Å²) in [6, 6.07) is 12.8. The Bertz CT molecular complexity index is 686. The van der Waals surface area contributed by atoms with Gasteiger partial charge in [0, 0.05) is 5.69 Å². The molecule has 0 fully saturated rings. The van der Waals surface area contributed by atoms with Gasteiger partial charge in [0.2, 0.25) is 0 Å². The number of hydrogen-bond acceptors (Lipinski definition) is 3. The lowest BCUT2D eigenvalue weighted by molar-refractivity contribution is -0.118. The van der Waals surface area contributed by atoms with Crippen molar-refractivity contribution in [2.75, 3.05) is 19.0 Å². The smallest absolute Gasteiger partial charge is 0.262 e. The molecule has 2 aromatic rings. The number of methoxy groups -OCH3 is 1. The van der Waals surface area contributed by atoms with Gasteiger partial charge in [-0.1, -0.05) is 43.6 Å². The molecule has 4 nitrogen and oxygen atoms in total. The van der Waals surface area contributed by atoms with Gasteiger partial charge in [-0.15, -0.1) is 0 Å². The molecule has 0 aromatic heterocycles. The fourth-order valence-electron chi connectivity index (χ4n) is 2.17. The summed E-state index contributed by atoms with van der Waals surface area (Å²) in [6.45, 7) is 4.11. The molecule has 2 aromatic carbocycles. The Kier molecular flexibility index (Phi) is 5.88. The first-order chi connectivity index (χ1) is 11.0. The number of carbonyl (C=O) groups excluding carboxylic acids is 1. The van der Waals surface area contributed by atoms with Gasteiger partial charge >= 0.3 is 0 Å². The summed E-state index contributed by atoms with van der Waals surface area (Å²) in [5.74, 6) is 1.37. The number of hydrogen-bond donors (Lipinski definition) is 1. The van der Waals surface area contributed by atoms with Gasteiger partial charge in [-0.3, -0.25) is 4.79 Å². The molecule has 0 aliphatic rings. The number of amides is 1. The zero-order chi connectivity index (χ0) is 16.8. The normalized spacial score (nSPS) is 10.5. The van der Waals surface area contributed by atoms with Crippen LogP contribution in [0.15, 0.2) is 42.5 Å². The molecule has 0 aliphatic heterocycles. The molecule has 0 saturated heterocycles. The molecule has 1 amide bonds. The molecule has 0 bridgehead atoms. The third kappa shape index (κ3) is 4.63. The Labute approximate surface area is 141 Å². The van der Waals surface area contributed by atoms with Crippen molar-refractivity contribution in [3.63, 3.8) is 0 Å². The monoisotopic (exact) mass is 333 g/mol. The highest BCUT2D eigenvalue weighted by Gasteiger charge is 2.10. The van der Waals surface area contributed by atoms with E-state index in [1.807, 2.05) is 24.3 Å². The molecule has 122 valence electrons. The summed E-state index contributed by atoms with van der Waals surface area (Å²) < 4.78 is 10.7. The first-order valence-corrected chi connectivity index (χ1v) is 7.74. The highest BCUT2D eigenvalue weighted by molar-refractivity contribution is 6.32. The van der Waals surface area contributed by atoms with Crippen molar-refractivity contribution in [2.45, 2.75) is 19.8 Å². The number of rotatable bonds is 6. The fraction of sp³-hybridized carbons (Fsp3) is 0.278. The van der Waals surface area contributed by atoms with Crippen molar-refractivity contribution in [3.8, 4) is 11.5 Å². The van der Waals surface area contributed by atoms with Crippen molar-refractivity contribution < 1.29 is 14.3 Å². The minimum Gasteiger partial charge on any atom is -0.495 e. The second kappa shape index (κ2) is 7.88. The molecule has 0 aliphatic carbocycles. The first kappa shape index (κ1) is 17.2. The quantitative estimate of drug-likeness (QED) is 0.847. The lowest BCUT2D eigenvalue weighted by atomic mass is 10.0. The predicted octanol–water partition coefficient (Wildman–Crippen LogP) is 4.49. The van der Waals surface area contributed by atoms with E-state index in [0.29, 0.717) is 22.4 Å². The third-order valence-electron chi connectivity index (χ3n) is 3.34. The van der Waals surface area contributed by atoms with E-state index in [2.05, 4.69) is 19.2 Å². The van der Waals surface area contributed by atoms with E-state index in [4.69, 9.17) is 21.1 Å². The highest BCUT2D eigenvalue weighted by atomic mass is 35.5. The van der Waals surface area contributed by atoms with Crippen LogP contribution in [0.25, 0.3) is 0 Å². The van der Waals surface area contributed by atoms with Crippen molar-refractivity contribution in [1.82, 2.24) is 0 Å². The number of ether oxygens (including phenoxy) is 2. The van der Waals surface area contributed by atoms with Crippen LogP contribution in [-0.2, 0) is 4.79 Å². The van der Waals surface area contributed by atoms with E-state index < -0.39 is 0 Å². The number of carbonyl (C=O) groups is 1. The molecule has 23 heavy (non-hydrogen) atoms. The number of nitrogens with one attached hydrogen (secondary N) is 1. The molecule has 2 rings (SSSR count). The Morgan fingerprint density at radius 3 is 2.57 bits per heavy atom. The lowest BCUT2D eigenvalue weighted by Gasteiger charge is -2.14. The maximum absolute atomic E-state index is 12.0. The Balaban J connectivity index is 1.97.